The fourth-order valence-corrected chi connectivity index (χ4v) is 11.3. The summed E-state index contributed by atoms with van der Waals surface area (Å²) >= 11 is 3.29. The second kappa shape index (κ2) is 11.9. The van der Waals surface area contributed by atoms with Crippen molar-refractivity contribution in [3.05, 3.63) is 109 Å². The number of nitrogens with zero attached hydrogens (tertiary/aromatic N) is 3. The number of nitrogens with one attached hydrogen (secondary N) is 1. The smallest absolute Gasteiger partial charge is 0.162 e. The van der Waals surface area contributed by atoms with Crippen molar-refractivity contribution in [3.63, 3.8) is 0 Å². The highest BCUT2D eigenvalue weighted by molar-refractivity contribution is 7.10. The molecule has 6 nitrogen and oxygen atoms in total. The van der Waals surface area contributed by atoms with Gasteiger partial charge in [-0.1, -0.05) is 83.0 Å². The van der Waals surface area contributed by atoms with Crippen LogP contribution in [-0.4, -0.2) is 21.5 Å². The van der Waals surface area contributed by atoms with E-state index >= 15 is 0 Å². The van der Waals surface area contributed by atoms with Crippen LogP contribution in [0.25, 0.3) is 0 Å². The van der Waals surface area contributed by atoms with E-state index in [1.807, 2.05) is 17.1 Å². The number of thiazole rings is 2. The number of allylic oxidation sites excluding steroid dienone is 4. The molecule has 8 heteroatoms. The Kier molecular flexibility index (Phi) is 7.79. The van der Waals surface area contributed by atoms with E-state index in [1.54, 1.807) is 22.7 Å². The Bertz CT molecular complexity index is 1970. The molecule has 1 N–H and O–H groups in total. The molecule has 8 rings (SSSR count). The van der Waals surface area contributed by atoms with Crippen molar-refractivity contribution in [1.29, 1.82) is 0 Å². The summed E-state index contributed by atoms with van der Waals surface area (Å²) in [6.45, 7) is 8.77. The zero-order chi connectivity index (χ0) is 33.2. The Morgan fingerprint density at radius 2 is 1.33 bits per heavy atom. The van der Waals surface area contributed by atoms with E-state index in [1.165, 1.54) is 0 Å². The number of fused-ring (bicyclic) bond motifs is 2. The first-order valence-electron chi connectivity index (χ1n) is 17.6. The zero-order valence-electron chi connectivity index (χ0n) is 28.1. The van der Waals surface area contributed by atoms with Crippen LogP contribution in [0.15, 0.2) is 88.2 Å². The molecule has 2 aliphatic carbocycles. The van der Waals surface area contributed by atoms with Gasteiger partial charge in [-0.15, -0.1) is 22.7 Å². The lowest BCUT2D eigenvalue weighted by molar-refractivity contribution is -0.118. The SMILES string of the molecule is CC[C@@H]1CC(=O)C2=C(C1)N(c1ccc([C@@]3(CC)C4=C(C[C@@H](CC)CC4=O)Nc4ncsc43)cc1)c1ncsc1[C@@]2(CC)c1ccccc1. The van der Waals surface area contributed by atoms with Crippen LogP contribution >= 0.6 is 22.7 Å². The molecule has 0 bridgehead atoms. The van der Waals surface area contributed by atoms with E-state index in [0.717, 1.165) is 99.3 Å². The van der Waals surface area contributed by atoms with Gasteiger partial charge in [0.2, 0.25) is 0 Å². The highest BCUT2D eigenvalue weighted by Crippen LogP contribution is 2.58. The van der Waals surface area contributed by atoms with Crippen LogP contribution in [0, 0.1) is 11.8 Å². The van der Waals surface area contributed by atoms with E-state index in [-0.39, 0.29) is 11.6 Å². The number of anilines is 3. The van der Waals surface area contributed by atoms with E-state index in [2.05, 4.69) is 86.4 Å². The van der Waals surface area contributed by atoms with Crippen molar-refractivity contribution in [2.45, 2.75) is 89.9 Å². The van der Waals surface area contributed by atoms with Gasteiger partial charge < -0.3 is 5.32 Å². The average Bonchev–Trinajstić information content (AvgIpc) is 3.81. The maximum atomic E-state index is 14.3. The summed E-state index contributed by atoms with van der Waals surface area (Å²) < 4.78 is 0. The van der Waals surface area contributed by atoms with Crippen molar-refractivity contribution in [3.8, 4) is 0 Å². The van der Waals surface area contributed by atoms with Gasteiger partial charge in [0.15, 0.2) is 17.4 Å². The predicted molar refractivity (Wildman–Crippen MR) is 195 cm³/mol. The number of carbonyl (C=O) groups is 2. The third kappa shape index (κ3) is 4.34. The zero-order valence-corrected chi connectivity index (χ0v) is 29.8. The first-order chi connectivity index (χ1) is 23.4. The fourth-order valence-electron chi connectivity index (χ4n) is 9.20. The number of hydrogen-bond acceptors (Lipinski definition) is 8. The largest absolute Gasteiger partial charge is 0.342 e. The number of ketones is 2. The molecule has 0 radical (unpaired) electrons. The molecule has 246 valence electrons. The second-order valence-electron chi connectivity index (χ2n) is 13.8. The van der Waals surface area contributed by atoms with Gasteiger partial charge in [0.05, 0.1) is 31.6 Å². The maximum absolute atomic E-state index is 14.3. The van der Waals surface area contributed by atoms with Crippen LogP contribution in [0.2, 0.25) is 0 Å². The molecule has 2 aromatic carbocycles. The van der Waals surface area contributed by atoms with E-state index in [0.29, 0.717) is 24.7 Å². The number of benzene rings is 2. The van der Waals surface area contributed by atoms with Crippen LogP contribution < -0.4 is 10.2 Å². The molecule has 2 aromatic heterocycles. The summed E-state index contributed by atoms with van der Waals surface area (Å²) in [7, 11) is 0. The Hall–Kier alpha value is -3.88. The molecule has 4 aliphatic rings. The second-order valence-corrected chi connectivity index (χ2v) is 15.5. The van der Waals surface area contributed by atoms with E-state index in [4.69, 9.17) is 9.97 Å². The van der Waals surface area contributed by atoms with Crippen molar-refractivity contribution in [2.24, 2.45) is 11.8 Å². The van der Waals surface area contributed by atoms with E-state index < -0.39 is 10.8 Å². The summed E-state index contributed by atoms with van der Waals surface area (Å²) in [4.78, 5) is 42.6. The van der Waals surface area contributed by atoms with Gasteiger partial charge in [0.1, 0.15) is 5.82 Å². The Morgan fingerprint density at radius 3 is 2.02 bits per heavy atom. The fraction of sp³-hybridized carbons (Fsp3) is 0.400. The number of carbonyl (C=O) groups excluding carboxylic acids is 2. The molecule has 4 atom stereocenters. The molecule has 4 aromatic rings. The lowest BCUT2D eigenvalue weighted by Gasteiger charge is -2.47. The number of aromatic nitrogens is 2. The quantitative estimate of drug-likeness (QED) is 0.210. The lowest BCUT2D eigenvalue weighted by atomic mass is 9.63. The van der Waals surface area contributed by atoms with Crippen molar-refractivity contribution in [2.75, 3.05) is 10.2 Å². The van der Waals surface area contributed by atoms with Gasteiger partial charge in [0, 0.05) is 41.1 Å². The number of hydrogen-bond donors (Lipinski definition) is 1. The molecule has 0 saturated carbocycles. The molecular weight excluding hydrogens is 633 g/mol. The summed E-state index contributed by atoms with van der Waals surface area (Å²) in [6, 6.07) is 19.4. The molecule has 0 fully saturated rings. The van der Waals surface area contributed by atoms with Gasteiger partial charge in [-0.25, -0.2) is 9.97 Å². The van der Waals surface area contributed by atoms with E-state index in [9.17, 15) is 9.59 Å². The monoisotopic (exact) mass is 674 g/mol. The normalized spacial score (nSPS) is 26.5. The summed E-state index contributed by atoms with van der Waals surface area (Å²) in [6.07, 6.45) is 6.38. The van der Waals surface area contributed by atoms with Crippen molar-refractivity contribution >= 4 is 51.6 Å². The molecule has 2 aliphatic heterocycles. The number of Topliss-reactive ketones (excluding diaryl/α,β-unsaturated/α-hetero) is 2. The standard InChI is InChI=1S/C40H42N4O2S2/c1-5-24-18-29-33(31(45)20-24)39(7-3,35-37(43-29)41-22-47-35)27-14-16-28(17-15-27)44-30-19-25(6-2)21-32(46)34(30)40(8-4,26-12-10-9-11-13-26)36-38(44)42-23-48-36/h9-17,22-25,43H,5-8,18-21H2,1-4H3/t24-,25+,39+,40+/m1/s1. The summed E-state index contributed by atoms with van der Waals surface area (Å²) in [5.74, 6) is 2.97. The molecular formula is C40H42N4O2S2. The van der Waals surface area contributed by atoms with Crippen LogP contribution in [0.1, 0.15) is 99.9 Å². The van der Waals surface area contributed by atoms with Crippen molar-refractivity contribution in [1.82, 2.24) is 9.97 Å². The van der Waals surface area contributed by atoms with Gasteiger partial charge in [-0.2, -0.15) is 0 Å². The molecule has 0 saturated heterocycles. The average molecular weight is 675 g/mol. The minimum atomic E-state index is -0.553. The first-order valence-corrected chi connectivity index (χ1v) is 19.3. The third-order valence-corrected chi connectivity index (χ3v) is 13.6. The van der Waals surface area contributed by atoms with Gasteiger partial charge in [-0.05, 0) is 60.8 Å². The highest BCUT2D eigenvalue weighted by atomic mass is 32.1. The van der Waals surface area contributed by atoms with Gasteiger partial charge in [-0.3, -0.25) is 14.5 Å². The van der Waals surface area contributed by atoms with Gasteiger partial charge >= 0.3 is 0 Å². The summed E-state index contributed by atoms with van der Waals surface area (Å²) in [5.41, 5.74) is 10.0. The molecule has 48 heavy (non-hydrogen) atoms. The third-order valence-electron chi connectivity index (χ3n) is 11.7. The topological polar surface area (TPSA) is 75.2 Å². The van der Waals surface area contributed by atoms with Gasteiger partial charge in [0.25, 0.3) is 0 Å². The number of rotatable bonds is 7. The molecule has 4 heterocycles. The Morgan fingerprint density at radius 1 is 0.729 bits per heavy atom. The Labute approximate surface area is 291 Å². The lowest BCUT2D eigenvalue weighted by Crippen LogP contribution is -2.44. The molecule has 0 unspecified atom stereocenters. The van der Waals surface area contributed by atoms with Crippen LogP contribution in [0.4, 0.5) is 17.3 Å². The van der Waals surface area contributed by atoms with Crippen LogP contribution in [0.5, 0.6) is 0 Å². The predicted octanol–water partition coefficient (Wildman–Crippen LogP) is 9.86. The van der Waals surface area contributed by atoms with Crippen LogP contribution in [-0.2, 0) is 20.4 Å². The first kappa shape index (κ1) is 31.4. The maximum Gasteiger partial charge on any atom is 0.162 e. The molecule has 0 amide bonds. The molecule has 0 spiro atoms. The highest BCUT2D eigenvalue weighted by Gasteiger charge is 2.52. The minimum absolute atomic E-state index is 0.252. The van der Waals surface area contributed by atoms with Crippen molar-refractivity contribution < 1.29 is 9.59 Å². The Balaban J connectivity index is 1.30. The minimum Gasteiger partial charge on any atom is -0.342 e. The summed E-state index contributed by atoms with van der Waals surface area (Å²) in [5, 5.41) is 3.58. The van der Waals surface area contributed by atoms with Crippen LogP contribution in [0.3, 0.4) is 0 Å².